The second-order valence-corrected chi connectivity index (χ2v) is 5.21. The molecule has 7 nitrogen and oxygen atoms in total. The highest BCUT2D eigenvalue weighted by molar-refractivity contribution is 5.96. The molecule has 0 aliphatic heterocycles. The number of amides is 1. The van der Waals surface area contributed by atoms with Crippen molar-refractivity contribution >= 4 is 5.91 Å². The lowest BCUT2D eigenvalue weighted by Gasteiger charge is -2.16. The number of carbonyl (C=O) groups excluding carboxylic acids is 1. The number of carbonyl (C=O) groups is 1. The van der Waals surface area contributed by atoms with Crippen molar-refractivity contribution in [2.24, 2.45) is 0 Å². The Hall–Kier alpha value is -3.29. The minimum Gasteiger partial charge on any atom is -0.493 e. The van der Waals surface area contributed by atoms with E-state index in [1.54, 1.807) is 25.4 Å². The standard InChI is InChI=1S/C17H15FN4O3/c1-22(17(23)11-6-5-7-12(18)15(11)24-2)10-14-20-16(21-25-14)13-8-3-4-9-19-13/h3-9H,10H2,1-2H3. The van der Waals surface area contributed by atoms with E-state index in [0.29, 0.717) is 11.5 Å². The highest BCUT2D eigenvalue weighted by Crippen LogP contribution is 2.24. The van der Waals surface area contributed by atoms with Gasteiger partial charge < -0.3 is 14.2 Å². The van der Waals surface area contributed by atoms with E-state index in [2.05, 4.69) is 15.1 Å². The number of halogens is 1. The maximum absolute atomic E-state index is 13.7. The molecule has 3 rings (SSSR count). The molecule has 128 valence electrons. The largest absolute Gasteiger partial charge is 0.493 e. The number of aromatic nitrogens is 3. The number of methoxy groups -OCH3 is 1. The Morgan fingerprint density at radius 3 is 2.84 bits per heavy atom. The summed E-state index contributed by atoms with van der Waals surface area (Å²) in [5.74, 6) is -0.545. The average molecular weight is 342 g/mol. The van der Waals surface area contributed by atoms with Gasteiger partial charge in [-0.15, -0.1) is 0 Å². The fraction of sp³-hybridized carbons (Fsp3) is 0.176. The minimum atomic E-state index is -0.600. The molecule has 0 fully saturated rings. The number of benzene rings is 1. The molecule has 0 bridgehead atoms. The fourth-order valence-electron chi connectivity index (χ4n) is 2.28. The van der Waals surface area contributed by atoms with E-state index >= 15 is 0 Å². The number of para-hydroxylation sites is 1. The monoisotopic (exact) mass is 342 g/mol. The lowest BCUT2D eigenvalue weighted by atomic mass is 10.1. The molecule has 0 radical (unpaired) electrons. The van der Waals surface area contributed by atoms with Crippen molar-refractivity contribution in [3.63, 3.8) is 0 Å². The van der Waals surface area contributed by atoms with Gasteiger partial charge in [0.15, 0.2) is 11.6 Å². The third-order valence-corrected chi connectivity index (χ3v) is 3.48. The van der Waals surface area contributed by atoms with Crippen LogP contribution in [0.4, 0.5) is 4.39 Å². The third-order valence-electron chi connectivity index (χ3n) is 3.48. The van der Waals surface area contributed by atoms with E-state index in [-0.39, 0.29) is 23.7 Å². The zero-order chi connectivity index (χ0) is 17.8. The molecule has 0 unspecified atom stereocenters. The summed E-state index contributed by atoms with van der Waals surface area (Å²) >= 11 is 0. The van der Waals surface area contributed by atoms with Crippen LogP contribution in [-0.2, 0) is 6.54 Å². The molecule has 0 aliphatic carbocycles. The minimum absolute atomic E-state index is 0.0678. The Morgan fingerprint density at radius 2 is 2.12 bits per heavy atom. The third kappa shape index (κ3) is 3.47. The van der Waals surface area contributed by atoms with Crippen LogP contribution in [0.5, 0.6) is 5.75 Å². The van der Waals surface area contributed by atoms with Crippen molar-refractivity contribution in [2.75, 3.05) is 14.2 Å². The van der Waals surface area contributed by atoms with Crippen LogP contribution in [0.15, 0.2) is 47.1 Å². The normalized spacial score (nSPS) is 10.5. The van der Waals surface area contributed by atoms with Gasteiger partial charge >= 0.3 is 0 Å². The number of hydrogen-bond acceptors (Lipinski definition) is 6. The number of hydrogen-bond donors (Lipinski definition) is 0. The summed E-state index contributed by atoms with van der Waals surface area (Å²) in [5.41, 5.74) is 0.688. The van der Waals surface area contributed by atoms with Gasteiger partial charge in [-0.05, 0) is 24.3 Å². The highest BCUT2D eigenvalue weighted by atomic mass is 19.1. The first-order chi connectivity index (χ1) is 12.1. The van der Waals surface area contributed by atoms with E-state index in [9.17, 15) is 9.18 Å². The Balaban J connectivity index is 1.77. The van der Waals surface area contributed by atoms with Crippen LogP contribution in [0, 0.1) is 5.82 Å². The number of rotatable bonds is 5. The van der Waals surface area contributed by atoms with Gasteiger partial charge in [0.05, 0.1) is 12.7 Å². The molecule has 0 aliphatic rings. The maximum Gasteiger partial charge on any atom is 0.257 e. The van der Waals surface area contributed by atoms with Gasteiger partial charge in [-0.3, -0.25) is 9.78 Å². The Labute approximate surface area is 143 Å². The lowest BCUT2D eigenvalue weighted by molar-refractivity contribution is 0.0765. The maximum atomic E-state index is 13.7. The summed E-state index contributed by atoms with van der Waals surface area (Å²) in [6.07, 6.45) is 1.62. The summed E-state index contributed by atoms with van der Waals surface area (Å²) in [4.78, 5) is 22.2. The molecule has 0 saturated carbocycles. The van der Waals surface area contributed by atoms with Crippen LogP contribution >= 0.6 is 0 Å². The fourth-order valence-corrected chi connectivity index (χ4v) is 2.28. The van der Waals surface area contributed by atoms with Gasteiger partial charge in [0.2, 0.25) is 11.7 Å². The number of ether oxygens (including phenoxy) is 1. The first-order valence-corrected chi connectivity index (χ1v) is 7.42. The molecular weight excluding hydrogens is 327 g/mol. The van der Waals surface area contributed by atoms with Crippen molar-refractivity contribution in [3.8, 4) is 17.3 Å². The van der Waals surface area contributed by atoms with Crippen LogP contribution < -0.4 is 4.74 Å². The number of pyridine rings is 1. The molecule has 3 aromatic rings. The highest BCUT2D eigenvalue weighted by Gasteiger charge is 2.21. The van der Waals surface area contributed by atoms with Gasteiger partial charge in [-0.25, -0.2) is 4.39 Å². The summed E-state index contributed by atoms with van der Waals surface area (Å²) < 4.78 is 23.9. The second-order valence-electron chi connectivity index (χ2n) is 5.21. The van der Waals surface area contributed by atoms with Gasteiger partial charge in [-0.1, -0.05) is 17.3 Å². The molecular formula is C17H15FN4O3. The molecule has 8 heteroatoms. The van der Waals surface area contributed by atoms with Crippen LogP contribution in [0.2, 0.25) is 0 Å². The van der Waals surface area contributed by atoms with E-state index in [1.807, 2.05) is 6.07 Å². The zero-order valence-electron chi connectivity index (χ0n) is 13.6. The Kier molecular flexibility index (Phi) is 4.69. The summed E-state index contributed by atoms with van der Waals surface area (Å²) in [6.45, 7) is 0.0678. The van der Waals surface area contributed by atoms with Gasteiger partial charge in [0, 0.05) is 13.2 Å². The Morgan fingerprint density at radius 1 is 1.28 bits per heavy atom. The smallest absolute Gasteiger partial charge is 0.257 e. The van der Waals surface area contributed by atoms with Gasteiger partial charge in [0.1, 0.15) is 12.2 Å². The lowest BCUT2D eigenvalue weighted by Crippen LogP contribution is -2.27. The van der Waals surface area contributed by atoms with Crippen LogP contribution in [0.3, 0.4) is 0 Å². The SMILES string of the molecule is COc1c(F)cccc1C(=O)N(C)Cc1nc(-c2ccccn2)no1. The van der Waals surface area contributed by atoms with Crippen LogP contribution in [0.25, 0.3) is 11.5 Å². The van der Waals surface area contributed by atoms with Crippen molar-refractivity contribution < 1.29 is 18.4 Å². The zero-order valence-corrected chi connectivity index (χ0v) is 13.6. The molecule has 2 aromatic heterocycles. The van der Waals surface area contributed by atoms with Crippen LogP contribution in [0.1, 0.15) is 16.2 Å². The van der Waals surface area contributed by atoms with Crippen molar-refractivity contribution in [1.82, 2.24) is 20.0 Å². The first kappa shape index (κ1) is 16.6. The van der Waals surface area contributed by atoms with E-state index in [1.165, 1.54) is 30.2 Å². The molecule has 0 atom stereocenters. The predicted octanol–water partition coefficient (Wildman–Crippen LogP) is 2.55. The summed E-state index contributed by atoms with van der Waals surface area (Å²) in [6, 6.07) is 9.51. The molecule has 2 heterocycles. The van der Waals surface area contributed by atoms with Crippen molar-refractivity contribution in [2.45, 2.75) is 6.54 Å². The van der Waals surface area contributed by atoms with Gasteiger partial charge in [-0.2, -0.15) is 4.98 Å². The first-order valence-electron chi connectivity index (χ1n) is 7.42. The number of nitrogens with zero attached hydrogens (tertiary/aromatic N) is 4. The molecule has 0 saturated heterocycles. The molecule has 1 aromatic carbocycles. The summed E-state index contributed by atoms with van der Waals surface area (Å²) in [5, 5.41) is 3.85. The molecule has 0 N–H and O–H groups in total. The Bertz CT molecular complexity index is 883. The molecule has 1 amide bonds. The predicted molar refractivity (Wildman–Crippen MR) is 86.3 cm³/mol. The molecule has 25 heavy (non-hydrogen) atoms. The topological polar surface area (TPSA) is 81.4 Å². The van der Waals surface area contributed by atoms with Crippen molar-refractivity contribution in [1.29, 1.82) is 0 Å². The molecule has 0 spiro atoms. The van der Waals surface area contributed by atoms with Crippen molar-refractivity contribution in [3.05, 3.63) is 59.9 Å². The van der Waals surface area contributed by atoms with E-state index < -0.39 is 11.7 Å². The quantitative estimate of drug-likeness (QED) is 0.709. The van der Waals surface area contributed by atoms with E-state index in [4.69, 9.17) is 9.26 Å². The second kappa shape index (κ2) is 7.08. The average Bonchev–Trinajstić information content (AvgIpc) is 3.10. The van der Waals surface area contributed by atoms with Crippen LogP contribution in [-0.4, -0.2) is 40.1 Å². The van der Waals surface area contributed by atoms with Gasteiger partial charge in [0.25, 0.3) is 5.91 Å². The van der Waals surface area contributed by atoms with E-state index in [0.717, 1.165) is 0 Å². The summed E-state index contributed by atoms with van der Waals surface area (Å²) in [7, 11) is 2.86.